The van der Waals surface area contributed by atoms with E-state index >= 15 is 0 Å². The summed E-state index contributed by atoms with van der Waals surface area (Å²) in [6.45, 7) is 1.44. The molecule has 2 rings (SSSR count). The molecule has 0 saturated heterocycles. The first-order valence-electron chi connectivity index (χ1n) is 6.04. The lowest BCUT2D eigenvalue weighted by Crippen LogP contribution is -2.32. The minimum absolute atomic E-state index is 0.243. The van der Waals surface area contributed by atoms with Crippen LogP contribution < -0.4 is 5.32 Å². The molecule has 0 aliphatic carbocycles. The van der Waals surface area contributed by atoms with Crippen LogP contribution in [-0.2, 0) is 4.74 Å². The van der Waals surface area contributed by atoms with E-state index in [0.29, 0.717) is 24.7 Å². The van der Waals surface area contributed by atoms with Gasteiger partial charge in [-0.3, -0.25) is 0 Å². The van der Waals surface area contributed by atoms with Crippen LogP contribution in [0, 0.1) is 12.3 Å². The average Bonchev–Trinajstić information content (AvgIpc) is 2.93. The van der Waals surface area contributed by atoms with Crippen LogP contribution >= 0.6 is 15.9 Å². The number of hydrogen-bond acceptors (Lipinski definition) is 3. The average molecular weight is 336 g/mol. The number of rotatable bonds is 3. The Balaban J connectivity index is 2.24. The van der Waals surface area contributed by atoms with Gasteiger partial charge in [-0.2, -0.15) is 0 Å². The van der Waals surface area contributed by atoms with Crippen molar-refractivity contribution in [3.8, 4) is 12.3 Å². The normalized spacial score (nSPS) is 13.2. The fraction of sp³-hybridized carbons (Fsp3) is 0.286. The molecule has 0 fully saturated rings. The maximum absolute atomic E-state index is 12.0. The fourth-order valence-corrected chi connectivity index (χ4v) is 2.08. The molecule has 1 N–H and O–H groups in total. The summed E-state index contributed by atoms with van der Waals surface area (Å²) in [7, 11) is 1.64. The highest BCUT2D eigenvalue weighted by Crippen LogP contribution is 2.24. The molecular weight excluding hydrogens is 322 g/mol. The van der Waals surface area contributed by atoms with Gasteiger partial charge in [-0.15, -0.1) is 6.42 Å². The van der Waals surface area contributed by atoms with Crippen LogP contribution in [0.15, 0.2) is 27.7 Å². The second-order valence-electron chi connectivity index (χ2n) is 4.22. The first-order chi connectivity index (χ1) is 9.61. The summed E-state index contributed by atoms with van der Waals surface area (Å²) in [5, 5.41) is 2.81. The molecule has 0 saturated carbocycles. The van der Waals surface area contributed by atoms with E-state index in [4.69, 9.17) is 11.2 Å². The van der Waals surface area contributed by atoms with E-state index in [9.17, 15) is 4.79 Å². The van der Waals surface area contributed by atoms with E-state index in [1.54, 1.807) is 13.1 Å². The highest BCUT2D eigenvalue weighted by atomic mass is 79.9. The zero-order valence-electron chi connectivity index (χ0n) is 11.0. The van der Waals surface area contributed by atoms with Gasteiger partial charge in [0, 0.05) is 11.5 Å². The van der Waals surface area contributed by atoms with Crippen LogP contribution in [0.25, 0.3) is 0 Å². The molecule has 1 aliphatic rings. The van der Waals surface area contributed by atoms with Crippen LogP contribution in [-0.4, -0.2) is 43.6 Å². The predicted octanol–water partition coefficient (Wildman–Crippen LogP) is 2.32. The number of benzene rings is 1. The number of halogens is 1. The van der Waals surface area contributed by atoms with Gasteiger partial charge in [-0.05, 0) is 18.2 Å². The lowest BCUT2D eigenvalue weighted by molar-refractivity contribution is 0.227. The number of nitrogens with one attached hydrogen (secondary N) is 1. The van der Waals surface area contributed by atoms with Crippen LogP contribution in [0.3, 0.4) is 0 Å². The van der Waals surface area contributed by atoms with E-state index in [-0.39, 0.29) is 12.6 Å². The summed E-state index contributed by atoms with van der Waals surface area (Å²) >= 11 is 3.38. The van der Waals surface area contributed by atoms with Crippen molar-refractivity contribution in [3.05, 3.63) is 28.2 Å². The van der Waals surface area contributed by atoms with Crippen LogP contribution in [0.2, 0.25) is 0 Å². The van der Waals surface area contributed by atoms with Crippen LogP contribution in [0.1, 0.15) is 5.56 Å². The van der Waals surface area contributed by atoms with Crippen molar-refractivity contribution in [3.63, 3.8) is 0 Å². The number of carbonyl (C=O) groups is 1. The zero-order chi connectivity index (χ0) is 14.5. The Morgan fingerprint density at radius 3 is 3.10 bits per heavy atom. The van der Waals surface area contributed by atoms with Gasteiger partial charge < -0.3 is 15.0 Å². The van der Waals surface area contributed by atoms with Crippen LogP contribution in [0.4, 0.5) is 10.5 Å². The highest BCUT2D eigenvalue weighted by Gasteiger charge is 2.17. The standard InChI is InChI=1S/C14H14BrN3O2/c1-3-7-18(2)14(19)17-12-9-10(15)4-5-11(12)13-16-6-8-20-13/h1,4-5,9H,6-8H2,2H3,(H,17,19). The maximum Gasteiger partial charge on any atom is 0.322 e. The Kier molecular flexibility index (Phi) is 4.64. The number of carbonyl (C=O) groups excluding carboxylic acids is 1. The Labute approximate surface area is 126 Å². The molecule has 1 aromatic carbocycles. The van der Waals surface area contributed by atoms with Crippen molar-refractivity contribution in [1.29, 1.82) is 0 Å². The van der Waals surface area contributed by atoms with E-state index in [0.717, 1.165) is 10.0 Å². The number of hydrogen-bond donors (Lipinski definition) is 1. The minimum atomic E-state index is -0.277. The lowest BCUT2D eigenvalue weighted by Gasteiger charge is -2.17. The van der Waals surface area contributed by atoms with Gasteiger partial charge in [0.25, 0.3) is 0 Å². The zero-order valence-corrected chi connectivity index (χ0v) is 12.6. The Morgan fingerprint density at radius 1 is 1.65 bits per heavy atom. The fourth-order valence-electron chi connectivity index (χ4n) is 1.72. The first-order valence-corrected chi connectivity index (χ1v) is 6.84. The molecule has 0 spiro atoms. The molecule has 0 radical (unpaired) electrons. The van der Waals surface area contributed by atoms with E-state index in [2.05, 4.69) is 32.2 Å². The summed E-state index contributed by atoms with van der Waals surface area (Å²) < 4.78 is 6.30. The molecule has 2 amide bonds. The Morgan fingerprint density at radius 2 is 2.45 bits per heavy atom. The van der Waals surface area contributed by atoms with Crippen LogP contribution in [0.5, 0.6) is 0 Å². The van der Waals surface area contributed by atoms with Crippen molar-refractivity contribution in [2.75, 3.05) is 32.1 Å². The number of terminal acetylenes is 1. The van der Waals surface area contributed by atoms with Gasteiger partial charge in [-0.1, -0.05) is 21.9 Å². The molecular formula is C14H14BrN3O2. The molecule has 0 unspecified atom stereocenters. The third-order valence-corrected chi connectivity index (χ3v) is 3.21. The summed E-state index contributed by atoms with van der Waals surface area (Å²) in [5.74, 6) is 2.97. The minimum Gasteiger partial charge on any atom is -0.475 e. The first kappa shape index (κ1) is 14.4. The molecule has 104 valence electrons. The van der Waals surface area contributed by atoms with Gasteiger partial charge in [0.05, 0.1) is 24.3 Å². The Bertz CT molecular complexity index is 593. The molecule has 20 heavy (non-hydrogen) atoms. The monoisotopic (exact) mass is 335 g/mol. The predicted molar refractivity (Wildman–Crippen MR) is 82.0 cm³/mol. The van der Waals surface area contributed by atoms with Gasteiger partial charge in [0.15, 0.2) is 0 Å². The SMILES string of the molecule is C#CCN(C)C(=O)Nc1cc(Br)ccc1C1=NCCO1. The van der Waals surface area contributed by atoms with Gasteiger partial charge in [0.2, 0.25) is 5.90 Å². The van der Waals surface area contributed by atoms with E-state index in [1.807, 2.05) is 12.1 Å². The molecule has 6 heteroatoms. The van der Waals surface area contributed by atoms with Gasteiger partial charge >= 0.3 is 6.03 Å². The van der Waals surface area contributed by atoms with Crippen molar-refractivity contribution in [2.45, 2.75) is 0 Å². The number of anilines is 1. The second kappa shape index (κ2) is 6.44. The number of ether oxygens (including phenoxy) is 1. The van der Waals surface area contributed by atoms with Crippen molar-refractivity contribution in [1.82, 2.24) is 4.90 Å². The topological polar surface area (TPSA) is 53.9 Å². The molecule has 0 bridgehead atoms. The molecule has 1 heterocycles. The number of amides is 2. The number of urea groups is 1. The van der Waals surface area contributed by atoms with E-state index in [1.165, 1.54) is 4.90 Å². The number of nitrogens with zero attached hydrogens (tertiary/aromatic N) is 2. The van der Waals surface area contributed by atoms with Gasteiger partial charge in [0.1, 0.15) is 6.61 Å². The quantitative estimate of drug-likeness (QED) is 0.862. The molecule has 0 aromatic heterocycles. The van der Waals surface area contributed by atoms with Crippen molar-refractivity contribution < 1.29 is 9.53 Å². The molecule has 1 aromatic rings. The molecule has 0 atom stereocenters. The largest absolute Gasteiger partial charge is 0.475 e. The molecule has 1 aliphatic heterocycles. The maximum atomic E-state index is 12.0. The van der Waals surface area contributed by atoms with Crippen molar-refractivity contribution >= 4 is 33.5 Å². The summed E-state index contributed by atoms with van der Waals surface area (Å²) in [6, 6.07) is 5.26. The Hall–Kier alpha value is -2.00. The summed E-state index contributed by atoms with van der Waals surface area (Å²) in [5.41, 5.74) is 1.39. The number of aliphatic imine (C=N–C) groups is 1. The summed E-state index contributed by atoms with van der Waals surface area (Å²) in [6.07, 6.45) is 5.20. The smallest absolute Gasteiger partial charge is 0.322 e. The van der Waals surface area contributed by atoms with Gasteiger partial charge in [-0.25, -0.2) is 9.79 Å². The third kappa shape index (κ3) is 3.31. The third-order valence-electron chi connectivity index (χ3n) is 2.71. The highest BCUT2D eigenvalue weighted by molar-refractivity contribution is 9.10. The summed E-state index contributed by atoms with van der Waals surface area (Å²) in [4.78, 5) is 17.7. The molecule has 5 nitrogen and oxygen atoms in total. The lowest BCUT2D eigenvalue weighted by atomic mass is 10.1. The van der Waals surface area contributed by atoms with Crippen molar-refractivity contribution in [2.24, 2.45) is 4.99 Å². The van der Waals surface area contributed by atoms with E-state index < -0.39 is 0 Å². The second-order valence-corrected chi connectivity index (χ2v) is 5.13.